The van der Waals surface area contributed by atoms with Gasteiger partial charge in [0, 0.05) is 0 Å². The molecule has 1 heterocycles. The summed E-state index contributed by atoms with van der Waals surface area (Å²) in [6.45, 7) is 0.611. The lowest BCUT2D eigenvalue weighted by Gasteiger charge is -2.15. The van der Waals surface area contributed by atoms with Crippen molar-refractivity contribution in [2.75, 3.05) is 25.1 Å². The summed E-state index contributed by atoms with van der Waals surface area (Å²) in [7, 11) is 0. The van der Waals surface area contributed by atoms with E-state index in [0.29, 0.717) is 12.2 Å². The molecule has 114 valence electrons. The van der Waals surface area contributed by atoms with Crippen molar-refractivity contribution in [3.63, 3.8) is 0 Å². The van der Waals surface area contributed by atoms with Crippen LogP contribution in [0.5, 0.6) is 0 Å². The number of carboxylic acid groups (broad SMARTS) is 1. The second-order valence-electron chi connectivity index (χ2n) is 4.61. The van der Waals surface area contributed by atoms with Crippen LogP contribution in [0.4, 0.5) is 0 Å². The molecule has 0 aromatic heterocycles. The van der Waals surface area contributed by atoms with Crippen LogP contribution in [0.15, 0.2) is 0 Å². The number of thioether (sulfide) groups is 1. The van der Waals surface area contributed by atoms with Crippen molar-refractivity contribution in [1.82, 2.24) is 16.0 Å². The molecule has 0 radical (unpaired) electrons. The Kier molecular flexibility index (Phi) is 7.38. The first-order valence-electron chi connectivity index (χ1n) is 6.56. The molecule has 7 nitrogen and oxygen atoms in total. The molecule has 0 aliphatic carbocycles. The smallest absolute Gasteiger partial charge is 0.326 e. The van der Waals surface area contributed by atoms with Gasteiger partial charge in [-0.25, -0.2) is 4.79 Å². The van der Waals surface area contributed by atoms with Gasteiger partial charge < -0.3 is 21.1 Å². The number of amides is 2. The number of hydrogen-bond donors (Lipinski definition) is 4. The Labute approximate surface area is 122 Å². The molecule has 2 amide bonds. The van der Waals surface area contributed by atoms with Gasteiger partial charge in [0.1, 0.15) is 6.04 Å². The molecule has 0 unspecified atom stereocenters. The molecule has 1 fully saturated rings. The summed E-state index contributed by atoms with van der Waals surface area (Å²) in [4.78, 5) is 34.3. The topological polar surface area (TPSA) is 108 Å². The third-order valence-corrected chi connectivity index (χ3v) is 3.69. The molecule has 1 aliphatic rings. The third kappa shape index (κ3) is 5.79. The van der Waals surface area contributed by atoms with E-state index in [-0.39, 0.29) is 18.5 Å². The van der Waals surface area contributed by atoms with Gasteiger partial charge in [-0.2, -0.15) is 11.8 Å². The van der Waals surface area contributed by atoms with Crippen LogP contribution in [0.2, 0.25) is 0 Å². The molecule has 2 atom stereocenters. The Hall–Kier alpha value is -1.28. The molecular weight excluding hydrogens is 282 g/mol. The standard InChI is InChI=1S/C12H21N3O4S/c1-20-6-4-9(12(18)19)15-10(16)7-14-11(17)8-3-2-5-13-8/h8-9,13H,2-7H2,1H3,(H,14,17)(H,15,16)(H,18,19)/t8-,9-/m0/s1. The van der Waals surface area contributed by atoms with Crippen molar-refractivity contribution in [3.05, 3.63) is 0 Å². The minimum absolute atomic E-state index is 0.194. The summed E-state index contributed by atoms with van der Waals surface area (Å²) >= 11 is 1.52. The summed E-state index contributed by atoms with van der Waals surface area (Å²) in [5.41, 5.74) is 0. The predicted molar refractivity (Wildman–Crippen MR) is 76.6 cm³/mol. The van der Waals surface area contributed by atoms with Gasteiger partial charge in [-0.05, 0) is 37.8 Å². The van der Waals surface area contributed by atoms with Crippen LogP contribution < -0.4 is 16.0 Å². The maximum absolute atomic E-state index is 11.7. The fourth-order valence-electron chi connectivity index (χ4n) is 1.94. The summed E-state index contributed by atoms with van der Waals surface area (Å²) in [5, 5.41) is 16.9. The maximum atomic E-state index is 11.7. The SMILES string of the molecule is CSCC[C@H](NC(=O)CNC(=O)[C@@H]1CCCN1)C(=O)O. The Morgan fingerprint density at radius 3 is 2.75 bits per heavy atom. The highest BCUT2D eigenvalue weighted by Crippen LogP contribution is 2.04. The molecule has 0 aromatic rings. The summed E-state index contributed by atoms with van der Waals surface area (Å²) in [5.74, 6) is -1.11. The van der Waals surface area contributed by atoms with Gasteiger partial charge in [-0.3, -0.25) is 9.59 Å². The molecular formula is C12H21N3O4S. The van der Waals surface area contributed by atoms with Gasteiger partial charge in [0.2, 0.25) is 11.8 Å². The van der Waals surface area contributed by atoms with Gasteiger partial charge >= 0.3 is 5.97 Å². The van der Waals surface area contributed by atoms with Crippen molar-refractivity contribution >= 4 is 29.5 Å². The van der Waals surface area contributed by atoms with Crippen molar-refractivity contribution in [3.8, 4) is 0 Å². The third-order valence-electron chi connectivity index (χ3n) is 3.04. The molecule has 4 N–H and O–H groups in total. The first-order chi connectivity index (χ1) is 9.54. The molecule has 0 spiro atoms. The Bertz CT molecular complexity index is 359. The van der Waals surface area contributed by atoms with Crippen LogP contribution in [-0.4, -0.2) is 60.1 Å². The van der Waals surface area contributed by atoms with Crippen molar-refractivity contribution in [2.45, 2.75) is 31.3 Å². The number of carboxylic acids is 1. The van der Waals surface area contributed by atoms with Crippen LogP contribution in [0.3, 0.4) is 0 Å². The number of carbonyl (C=O) groups excluding carboxylic acids is 2. The van der Waals surface area contributed by atoms with E-state index in [2.05, 4.69) is 16.0 Å². The highest BCUT2D eigenvalue weighted by atomic mass is 32.2. The summed E-state index contributed by atoms with van der Waals surface area (Å²) in [6, 6.07) is -1.15. The van der Waals surface area contributed by atoms with E-state index >= 15 is 0 Å². The van der Waals surface area contributed by atoms with Crippen molar-refractivity contribution < 1.29 is 19.5 Å². The van der Waals surface area contributed by atoms with Gasteiger partial charge in [-0.15, -0.1) is 0 Å². The molecule has 1 rings (SSSR count). The number of carbonyl (C=O) groups is 3. The molecule has 1 saturated heterocycles. The van der Waals surface area contributed by atoms with E-state index in [9.17, 15) is 14.4 Å². The lowest BCUT2D eigenvalue weighted by molar-refractivity contribution is -0.141. The predicted octanol–water partition coefficient (Wildman–Crippen LogP) is -0.823. The first-order valence-corrected chi connectivity index (χ1v) is 7.96. The highest BCUT2D eigenvalue weighted by Gasteiger charge is 2.23. The number of nitrogens with one attached hydrogen (secondary N) is 3. The van der Waals surface area contributed by atoms with E-state index in [4.69, 9.17) is 5.11 Å². The van der Waals surface area contributed by atoms with Crippen molar-refractivity contribution in [1.29, 1.82) is 0 Å². The Balaban J connectivity index is 2.30. The maximum Gasteiger partial charge on any atom is 0.326 e. The Morgan fingerprint density at radius 1 is 1.45 bits per heavy atom. The van der Waals surface area contributed by atoms with Gasteiger partial charge in [0.15, 0.2) is 0 Å². The monoisotopic (exact) mass is 303 g/mol. The van der Waals surface area contributed by atoms with Crippen molar-refractivity contribution in [2.24, 2.45) is 0 Å². The zero-order valence-corrected chi connectivity index (χ0v) is 12.3. The Morgan fingerprint density at radius 2 is 2.20 bits per heavy atom. The lowest BCUT2D eigenvalue weighted by atomic mass is 10.2. The van der Waals surface area contributed by atoms with Gasteiger partial charge in [-0.1, -0.05) is 0 Å². The molecule has 8 heteroatoms. The normalized spacial score (nSPS) is 19.4. The van der Waals surface area contributed by atoms with E-state index in [1.54, 1.807) is 0 Å². The minimum atomic E-state index is -1.06. The van der Waals surface area contributed by atoms with E-state index < -0.39 is 17.9 Å². The zero-order chi connectivity index (χ0) is 15.0. The van der Waals surface area contributed by atoms with Gasteiger partial charge in [0.25, 0.3) is 0 Å². The zero-order valence-electron chi connectivity index (χ0n) is 11.5. The highest BCUT2D eigenvalue weighted by molar-refractivity contribution is 7.98. The van der Waals surface area contributed by atoms with E-state index in [1.165, 1.54) is 11.8 Å². The second-order valence-corrected chi connectivity index (χ2v) is 5.59. The lowest BCUT2D eigenvalue weighted by Crippen LogP contribution is -2.48. The summed E-state index contributed by atoms with van der Waals surface area (Å²) in [6.07, 6.45) is 3.94. The average molecular weight is 303 g/mol. The molecule has 20 heavy (non-hydrogen) atoms. The fraction of sp³-hybridized carbons (Fsp3) is 0.750. The van der Waals surface area contributed by atoms with Crippen LogP contribution >= 0.6 is 11.8 Å². The van der Waals surface area contributed by atoms with Crippen LogP contribution in [0, 0.1) is 0 Å². The molecule has 0 saturated carbocycles. The number of hydrogen-bond acceptors (Lipinski definition) is 5. The first kappa shape index (κ1) is 16.8. The van der Waals surface area contributed by atoms with Crippen LogP contribution in [0.25, 0.3) is 0 Å². The fourth-order valence-corrected chi connectivity index (χ4v) is 2.41. The molecule has 0 aromatic carbocycles. The van der Waals surface area contributed by atoms with Gasteiger partial charge in [0.05, 0.1) is 12.6 Å². The molecule has 0 bridgehead atoms. The minimum Gasteiger partial charge on any atom is -0.480 e. The quantitative estimate of drug-likeness (QED) is 0.466. The molecule has 1 aliphatic heterocycles. The second kappa shape index (κ2) is 8.80. The average Bonchev–Trinajstić information content (AvgIpc) is 2.94. The van der Waals surface area contributed by atoms with E-state index in [1.807, 2.05) is 6.26 Å². The largest absolute Gasteiger partial charge is 0.480 e. The van der Waals surface area contributed by atoms with E-state index in [0.717, 1.165) is 19.4 Å². The van der Waals surface area contributed by atoms with Crippen LogP contribution in [0.1, 0.15) is 19.3 Å². The summed E-state index contributed by atoms with van der Waals surface area (Å²) < 4.78 is 0. The van der Waals surface area contributed by atoms with Crippen LogP contribution in [-0.2, 0) is 14.4 Å². The number of rotatable bonds is 8. The number of aliphatic carboxylic acids is 1.